The Morgan fingerprint density at radius 1 is 1.35 bits per heavy atom. The van der Waals surface area contributed by atoms with Crippen LogP contribution in [0.1, 0.15) is 65.1 Å². The molecule has 0 aliphatic heterocycles. The summed E-state index contributed by atoms with van der Waals surface area (Å²) >= 11 is 0. The lowest BCUT2D eigenvalue weighted by Gasteiger charge is -2.22. The van der Waals surface area contributed by atoms with E-state index in [0.717, 1.165) is 12.8 Å². The van der Waals surface area contributed by atoms with Gasteiger partial charge in [0.15, 0.2) is 0 Å². The van der Waals surface area contributed by atoms with E-state index < -0.39 is 10.0 Å². The summed E-state index contributed by atoms with van der Waals surface area (Å²) in [4.78, 5) is 0.284. The van der Waals surface area contributed by atoms with Crippen molar-refractivity contribution in [2.75, 3.05) is 19.7 Å². The van der Waals surface area contributed by atoms with Crippen molar-refractivity contribution in [3.8, 4) is 0 Å². The highest BCUT2D eigenvalue weighted by molar-refractivity contribution is 7.89. The molecule has 1 saturated carbocycles. The van der Waals surface area contributed by atoms with E-state index in [2.05, 4.69) is 5.10 Å². The minimum atomic E-state index is -3.65. The van der Waals surface area contributed by atoms with Crippen LogP contribution < -0.4 is 0 Å². The van der Waals surface area contributed by atoms with Gasteiger partial charge in [-0.05, 0) is 12.8 Å². The lowest BCUT2D eigenvalue weighted by molar-refractivity contribution is 0.257. The molecule has 1 aromatic heterocycles. The zero-order valence-electron chi connectivity index (χ0n) is 14.6. The molecule has 1 fully saturated rings. The molecule has 1 heterocycles. The lowest BCUT2D eigenvalue weighted by atomic mass is 9.92. The van der Waals surface area contributed by atoms with Crippen molar-refractivity contribution in [3.63, 3.8) is 0 Å². The van der Waals surface area contributed by atoms with Crippen LogP contribution in [-0.4, -0.2) is 47.3 Å². The van der Waals surface area contributed by atoms with Gasteiger partial charge in [-0.15, -0.1) is 0 Å². The number of sulfonamides is 1. The SMILES string of the molecule is CCN(CCO)S(=O)(=O)c1cn(C2CCCC2)nc1C(C)(C)C. The summed E-state index contributed by atoms with van der Waals surface area (Å²) in [6.45, 7) is 7.99. The van der Waals surface area contributed by atoms with Crippen LogP contribution in [0.2, 0.25) is 0 Å². The molecule has 23 heavy (non-hydrogen) atoms. The number of aliphatic hydroxyl groups excluding tert-OH is 1. The highest BCUT2D eigenvalue weighted by Crippen LogP contribution is 2.34. The van der Waals surface area contributed by atoms with E-state index in [4.69, 9.17) is 5.11 Å². The van der Waals surface area contributed by atoms with E-state index in [9.17, 15) is 8.42 Å². The number of hydrogen-bond acceptors (Lipinski definition) is 4. The molecule has 0 radical (unpaired) electrons. The Morgan fingerprint density at radius 3 is 2.43 bits per heavy atom. The molecule has 7 heteroatoms. The fraction of sp³-hybridized carbons (Fsp3) is 0.812. The Balaban J connectivity index is 2.50. The standard InChI is InChI=1S/C16H29N3O3S/c1-5-18(10-11-20)23(21,22)14-12-19(13-8-6-7-9-13)17-15(14)16(2,3)4/h12-13,20H,5-11H2,1-4H3. The summed E-state index contributed by atoms with van der Waals surface area (Å²) in [5.41, 5.74) is 0.256. The highest BCUT2D eigenvalue weighted by Gasteiger charge is 2.34. The third-order valence-electron chi connectivity index (χ3n) is 4.43. The maximum atomic E-state index is 13.0. The van der Waals surface area contributed by atoms with E-state index in [-0.39, 0.29) is 23.5 Å². The summed E-state index contributed by atoms with van der Waals surface area (Å²) in [7, 11) is -3.65. The van der Waals surface area contributed by atoms with Gasteiger partial charge in [-0.3, -0.25) is 4.68 Å². The van der Waals surface area contributed by atoms with Crippen LogP contribution in [0, 0.1) is 0 Å². The maximum absolute atomic E-state index is 13.0. The maximum Gasteiger partial charge on any atom is 0.246 e. The van der Waals surface area contributed by atoms with Crippen LogP contribution in [0.3, 0.4) is 0 Å². The second kappa shape index (κ2) is 6.91. The minimum Gasteiger partial charge on any atom is -0.395 e. The van der Waals surface area contributed by atoms with E-state index in [0.29, 0.717) is 18.3 Å². The molecule has 2 rings (SSSR count). The lowest BCUT2D eigenvalue weighted by Crippen LogP contribution is -2.34. The van der Waals surface area contributed by atoms with Crippen LogP contribution in [0.5, 0.6) is 0 Å². The molecular weight excluding hydrogens is 314 g/mol. The van der Waals surface area contributed by atoms with Crippen LogP contribution >= 0.6 is 0 Å². The van der Waals surface area contributed by atoms with Crippen molar-refractivity contribution >= 4 is 10.0 Å². The molecule has 0 aromatic carbocycles. The van der Waals surface area contributed by atoms with Gasteiger partial charge in [-0.25, -0.2) is 8.42 Å². The Hall–Kier alpha value is -0.920. The minimum absolute atomic E-state index is 0.108. The average molecular weight is 343 g/mol. The number of hydrogen-bond donors (Lipinski definition) is 1. The molecule has 0 amide bonds. The second-order valence-electron chi connectivity index (χ2n) is 7.23. The van der Waals surface area contributed by atoms with Gasteiger partial charge in [0.05, 0.1) is 18.3 Å². The molecule has 0 saturated heterocycles. The van der Waals surface area contributed by atoms with Crippen LogP contribution in [0.15, 0.2) is 11.1 Å². The third kappa shape index (κ3) is 3.78. The monoisotopic (exact) mass is 343 g/mol. The Morgan fingerprint density at radius 2 is 1.96 bits per heavy atom. The van der Waals surface area contributed by atoms with Crippen molar-refractivity contribution in [3.05, 3.63) is 11.9 Å². The van der Waals surface area contributed by atoms with Gasteiger partial charge < -0.3 is 5.11 Å². The molecule has 132 valence electrons. The first-order valence-corrected chi connectivity index (χ1v) is 9.86. The molecule has 0 spiro atoms. The molecule has 0 unspecified atom stereocenters. The first-order chi connectivity index (χ1) is 10.7. The number of nitrogens with zero attached hydrogens (tertiary/aromatic N) is 3. The summed E-state index contributed by atoms with van der Waals surface area (Å²) in [5.74, 6) is 0. The second-order valence-corrected chi connectivity index (χ2v) is 9.14. The van der Waals surface area contributed by atoms with Gasteiger partial charge in [-0.1, -0.05) is 40.5 Å². The Bertz CT molecular complexity index is 625. The zero-order chi connectivity index (χ0) is 17.3. The molecule has 6 nitrogen and oxygen atoms in total. The fourth-order valence-electron chi connectivity index (χ4n) is 3.14. The summed E-state index contributed by atoms with van der Waals surface area (Å²) < 4.78 is 29.2. The van der Waals surface area contributed by atoms with E-state index in [1.807, 2.05) is 25.5 Å². The summed E-state index contributed by atoms with van der Waals surface area (Å²) in [6, 6.07) is 0.299. The third-order valence-corrected chi connectivity index (χ3v) is 6.40. The van der Waals surface area contributed by atoms with Crippen LogP contribution in [0.25, 0.3) is 0 Å². The van der Waals surface area contributed by atoms with Crippen molar-refractivity contribution in [2.45, 2.75) is 69.7 Å². The topological polar surface area (TPSA) is 75.4 Å². The van der Waals surface area contributed by atoms with Gasteiger partial charge in [-0.2, -0.15) is 9.40 Å². The van der Waals surface area contributed by atoms with Gasteiger partial charge in [0.2, 0.25) is 10.0 Å². The van der Waals surface area contributed by atoms with Gasteiger partial charge >= 0.3 is 0 Å². The average Bonchev–Trinajstić information content (AvgIpc) is 3.11. The first-order valence-electron chi connectivity index (χ1n) is 8.42. The predicted octanol–water partition coefficient (Wildman–Crippen LogP) is 2.30. The van der Waals surface area contributed by atoms with Gasteiger partial charge in [0, 0.05) is 24.7 Å². The largest absolute Gasteiger partial charge is 0.395 e. The number of aromatic nitrogens is 2. The van der Waals surface area contributed by atoms with Crippen molar-refractivity contribution in [2.24, 2.45) is 0 Å². The number of rotatable bonds is 6. The summed E-state index contributed by atoms with van der Waals surface area (Å²) in [5, 5.41) is 13.8. The molecular formula is C16H29N3O3S. The van der Waals surface area contributed by atoms with Crippen molar-refractivity contribution in [1.29, 1.82) is 0 Å². The first kappa shape index (κ1) is 18.4. The van der Waals surface area contributed by atoms with E-state index >= 15 is 0 Å². The quantitative estimate of drug-likeness (QED) is 0.860. The normalized spacial score (nSPS) is 17.3. The molecule has 0 bridgehead atoms. The Kier molecular flexibility index (Phi) is 5.53. The highest BCUT2D eigenvalue weighted by atomic mass is 32.2. The van der Waals surface area contributed by atoms with Gasteiger partial charge in [0.25, 0.3) is 0 Å². The smallest absolute Gasteiger partial charge is 0.246 e. The molecule has 1 aliphatic rings. The van der Waals surface area contributed by atoms with Crippen LogP contribution in [-0.2, 0) is 15.4 Å². The van der Waals surface area contributed by atoms with Gasteiger partial charge in [0.1, 0.15) is 4.90 Å². The molecule has 1 aromatic rings. The van der Waals surface area contributed by atoms with E-state index in [1.54, 1.807) is 13.1 Å². The Labute approximate surface area is 139 Å². The van der Waals surface area contributed by atoms with Crippen molar-refractivity contribution < 1.29 is 13.5 Å². The predicted molar refractivity (Wildman–Crippen MR) is 90.0 cm³/mol. The fourth-order valence-corrected chi connectivity index (χ4v) is 4.91. The zero-order valence-corrected chi connectivity index (χ0v) is 15.4. The number of aliphatic hydroxyl groups is 1. The van der Waals surface area contributed by atoms with Crippen molar-refractivity contribution in [1.82, 2.24) is 14.1 Å². The molecule has 1 N–H and O–H groups in total. The molecule has 0 atom stereocenters. The summed E-state index contributed by atoms with van der Waals surface area (Å²) in [6.07, 6.45) is 6.15. The van der Waals surface area contributed by atoms with Crippen LogP contribution in [0.4, 0.5) is 0 Å². The van der Waals surface area contributed by atoms with E-state index in [1.165, 1.54) is 17.1 Å². The number of likely N-dealkylation sites (N-methyl/N-ethyl adjacent to an activating group) is 1. The molecule has 1 aliphatic carbocycles.